The summed E-state index contributed by atoms with van der Waals surface area (Å²) in [6, 6.07) is 0.0775. The Bertz CT molecular complexity index is 152. The van der Waals surface area contributed by atoms with E-state index >= 15 is 0 Å². The molecule has 0 aromatic heterocycles. The Morgan fingerprint density at radius 1 is 1.73 bits per heavy atom. The van der Waals surface area contributed by atoms with Crippen molar-refractivity contribution >= 4 is 18.0 Å². The summed E-state index contributed by atoms with van der Waals surface area (Å²) in [6.07, 6.45) is 0. The van der Waals surface area contributed by atoms with Gasteiger partial charge in [0.05, 0.1) is 6.61 Å². The number of nitrogens with two attached hydrogens (primary N) is 1. The van der Waals surface area contributed by atoms with Crippen LogP contribution in [-0.4, -0.2) is 25.1 Å². The van der Waals surface area contributed by atoms with E-state index in [-0.39, 0.29) is 6.04 Å². The van der Waals surface area contributed by atoms with Crippen LogP contribution in [0.15, 0.2) is 0 Å². The second-order valence-corrected chi connectivity index (χ2v) is 7.62. The van der Waals surface area contributed by atoms with Gasteiger partial charge in [0.15, 0.2) is 0 Å². The number of hydrogen-bond acceptors (Lipinski definition) is 4. The fraction of sp³-hybridized carbons (Fsp3) is 1.00. The highest BCUT2D eigenvalue weighted by molar-refractivity contribution is 8.56. The van der Waals surface area contributed by atoms with Gasteiger partial charge in [-0.3, -0.25) is 4.57 Å². The van der Waals surface area contributed by atoms with Gasteiger partial charge in [-0.05, 0) is 13.8 Å². The molecular formula is C6H16NO2PS. The Hall–Kier alpha value is 0.500. The smallest absolute Gasteiger partial charge is 0.254 e. The molecule has 0 spiro atoms. The first-order valence-electron chi connectivity index (χ1n) is 3.60. The number of hydrogen-bond donors (Lipinski definition) is 1. The second-order valence-electron chi connectivity index (χ2n) is 2.46. The fourth-order valence-corrected chi connectivity index (χ4v) is 3.63. The van der Waals surface area contributed by atoms with E-state index in [0.29, 0.717) is 12.4 Å². The van der Waals surface area contributed by atoms with Crippen molar-refractivity contribution in [1.29, 1.82) is 0 Å². The van der Waals surface area contributed by atoms with E-state index in [9.17, 15) is 4.57 Å². The Kier molecular flexibility index (Phi) is 5.44. The molecule has 0 radical (unpaired) electrons. The lowest BCUT2D eigenvalue weighted by molar-refractivity contribution is 0.350. The maximum atomic E-state index is 11.4. The first kappa shape index (κ1) is 11.5. The van der Waals surface area contributed by atoms with Gasteiger partial charge in [-0.1, -0.05) is 11.4 Å². The van der Waals surface area contributed by atoms with Crippen LogP contribution in [0.4, 0.5) is 0 Å². The van der Waals surface area contributed by atoms with Crippen molar-refractivity contribution in [2.75, 3.05) is 19.0 Å². The van der Waals surface area contributed by atoms with E-state index in [1.807, 2.05) is 13.8 Å². The lowest BCUT2D eigenvalue weighted by Crippen LogP contribution is -2.17. The van der Waals surface area contributed by atoms with Crippen LogP contribution in [0.2, 0.25) is 0 Å². The molecular weight excluding hydrogens is 181 g/mol. The summed E-state index contributed by atoms with van der Waals surface area (Å²) in [4.78, 5) is 0. The monoisotopic (exact) mass is 197 g/mol. The molecule has 0 amide bonds. The molecule has 0 fully saturated rings. The van der Waals surface area contributed by atoms with Gasteiger partial charge in [0.1, 0.15) is 0 Å². The number of rotatable bonds is 5. The van der Waals surface area contributed by atoms with Crippen LogP contribution < -0.4 is 5.73 Å². The molecule has 3 nitrogen and oxygen atoms in total. The topological polar surface area (TPSA) is 52.3 Å². The summed E-state index contributed by atoms with van der Waals surface area (Å²) in [6.45, 7) is 3.44. The summed E-state index contributed by atoms with van der Waals surface area (Å²) in [7, 11) is 0. The van der Waals surface area contributed by atoms with Crippen molar-refractivity contribution in [3.63, 3.8) is 0 Å². The van der Waals surface area contributed by atoms with Crippen molar-refractivity contribution < 1.29 is 9.09 Å². The minimum absolute atomic E-state index is 0.0775. The molecule has 0 aliphatic heterocycles. The third kappa shape index (κ3) is 6.88. The molecule has 0 aromatic carbocycles. The third-order valence-electron chi connectivity index (χ3n) is 0.936. The van der Waals surface area contributed by atoms with Gasteiger partial charge in [-0.2, -0.15) is 0 Å². The molecule has 0 bridgehead atoms. The third-order valence-corrected chi connectivity index (χ3v) is 4.98. The second kappa shape index (κ2) is 5.20. The zero-order chi connectivity index (χ0) is 8.91. The molecule has 0 aromatic rings. The molecule has 2 unspecified atom stereocenters. The van der Waals surface area contributed by atoms with Gasteiger partial charge < -0.3 is 10.3 Å². The largest absolute Gasteiger partial charge is 0.327 e. The molecule has 0 heterocycles. The van der Waals surface area contributed by atoms with Crippen molar-refractivity contribution in [2.45, 2.75) is 19.9 Å². The molecule has 0 rings (SSSR count). The van der Waals surface area contributed by atoms with Crippen molar-refractivity contribution in [3.8, 4) is 0 Å². The van der Waals surface area contributed by atoms with E-state index < -0.39 is 6.57 Å². The van der Waals surface area contributed by atoms with Crippen LogP contribution in [0.5, 0.6) is 0 Å². The molecule has 5 heteroatoms. The first-order valence-corrected chi connectivity index (χ1v) is 7.26. The maximum Gasteiger partial charge on any atom is 0.254 e. The van der Waals surface area contributed by atoms with Crippen LogP contribution in [0.3, 0.4) is 0 Å². The maximum absolute atomic E-state index is 11.4. The van der Waals surface area contributed by atoms with Gasteiger partial charge in [0.2, 0.25) is 0 Å². The first-order chi connectivity index (χ1) is 4.98. The van der Waals surface area contributed by atoms with E-state index in [1.165, 1.54) is 11.4 Å². The summed E-state index contributed by atoms with van der Waals surface area (Å²) in [5.41, 5.74) is 5.50. The Labute approximate surface area is 72.3 Å². The zero-order valence-electron chi connectivity index (χ0n) is 7.24. The van der Waals surface area contributed by atoms with Gasteiger partial charge in [-0.15, -0.1) is 0 Å². The van der Waals surface area contributed by atoms with Crippen molar-refractivity contribution in [3.05, 3.63) is 0 Å². The summed E-state index contributed by atoms with van der Waals surface area (Å²) in [5, 5.41) is 0. The molecule has 0 saturated heterocycles. The molecule has 0 saturated carbocycles. The standard InChI is InChI=1S/C6H16NO2PS/c1-4-9-10(3,8)11-5-6(2)7/h6H,4-5,7H2,1-3H3. The Morgan fingerprint density at radius 3 is 2.64 bits per heavy atom. The van der Waals surface area contributed by atoms with E-state index in [0.717, 1.165) is 0 Å². The average Bonchev–Trinajstić information content (AvgIpc) is 1.84. The predicted molar refractivity (Wildman–Crippen MR) is 51.3 cm³/mol. The van der Waals surface area contributed by atoms with Crippen molar-refractivity contribution in [1.82, 2.24) is 0 Å². The Balaban J connectivity index is 3.64. The zero-order valence-corrected chi connectivity index (χ0v) is 8.95. The highest BCUT2D eigenvalue weighted by atomic mass is 32.7. The van der Waals surface area contributed by atoms with E-state index in [2.05, 4.69) is 0 Å². The van der Waals surface area contributed by atoms with Gasteiger partial charge >= 0.3 is 0 Å². The Morgan fingerprint density at radius 2 is 2.27 bits per heavy atom. The highest BCUT2D eigenvalue weighted by Crippen LogP contribution is 2.55. The van der Waals surface area contributed by atoms with Gasteiger partial charge in [-0.25, -0.2) is 0 Å². The SMILES string of the molecule is CCOP(C)(=O)SCC(C)N. The van der Waals surface area contributed by atoms with Crippen LogP contribution in [0.1, 0.15) is 13.8 Å². The molecule has 2 N–H and O–H groups in total. The van der Waals surface area contributed by atoms with E-state index in [1.54, 1.807) is 6.66 Å². The lowest BCUT2D eigenvalue weighted by Gasteiger charge is -2.12. The minimum atomic E-state index is -2.41. The fourth-order valence-electron chi connectivity index (χ4n) is 0.525. The lowest BCUT2D eigenvalue weighted by atomic mass is 10.4. The molecule has 0 aliphatic carbocycles. The molecule has 0 aliphatic rings. The van der Waals surface area contributed by atoms with Crippen LogP contribution in [0, 0.1) is 0 Å². The van der Waals surface area contributed by atoms with E-state index in [4.69, 9.17) is 10.3 Å². The summed E-state index contributed by atoms with van der Waals surface area (Å²) in [5.74, 6) is 0.688. The molecule has 11 heavy (non-hydrogen) atoms. The van der Waals surface area contributed by atoms with Gasteiger partial charge in [0.25, 0.3) is 6.57 Å². The van der Waals surface area contributed by atoms with Gasteiger partial charge in [0, 0.05) is 18.5 Å². The predicted octanol–water partition coefficient (Wildman–Crippen LogP) is 1.93. The average molecular weight is 197 g/mol. The van der Waals surface area contributed by atoms with Crippen LogP contribution >= 0.6 is 18.0 Å². The normalized spacial score (nSPS) is 19.3. The minimum Gasteiger partial charge on any atom is -0.327 e. The summed E-state index contributed by atoms with van der Waals surface area (Å²) < 4.78 is 16.4. The van der Waals surface area contributed by atoms with Crippen LogP contribution in [0.25, 0.3) is 0 Å². The highest BCUT2D eigenvalue weighted by Gasteiger charge is 2.15. The summed E-state index contributed by atoms with van der Waals surface area (Å²) >= 11 is 1.32. The molecule has 2 atom stereocenters. The molecule has 68 valence electrons. The quantitative estimate of drug-likeness (QED) is 0.684. The van der Waals surface area contributed by atoms with Crippen LogP contribution in [-0.2, 0) is 9.09 Å². The van der Waals surface area contributed by atoms with Crippen molar-refractivity contribution in [2.24, 2.45) is 5.73 Å².